The Labute approximate surface area is 88.0 Å². The first-order chi connectivity index (χ1) is 6.97. The van der Waals surface area contributed by atoms with Gasteiger partial charge in [0.1, 0.15) is 11.4 Å². The van der Waals surface area contributed by atoms with Crippen LogP contribution in [-0.2, 0) is 5.88 Å². The van der Waals surface area contributed by atoms with Gasteiger partial charge in [-0.1, -0.05) is 0 Å². The maximum Gasteiger partial charge on any atom is 0.283 e. The highest BCUT2D eigenvalue weighted by atomic mass is 35.5. The van der Waals surface area contributed by atoms with Crippen molar-refractivity contribution < 1.29 is 13.7 Å². The highest BCUT2D eigenvalue weighted by molar-refractivity contribution is 6.16. The van der Waals surface area contributed by atoms with Crippen molar-refractivity contribution in [2.24, 2.45) is 0 Å². The molecule has 0 atom stereocenters. The highest BCUT2D eigenvalue weighted by Crippen LogP contribution is 2.33. The van der Waals surface area contributed by atoms with Gasteiger partial charge in [0.05, 0.1) is 16.5 Å². The van der Waals surface area contributed by atoms with E-state index >= 15 is 0 Å². The zero-order chi connectivity index (χ0) is 11.6. The van der Waals surface area contributed by atoms with Crippen LogP contribution in [0.15, 0.2) is 6.07 Å². The SMILES string of the molecule is Nc1nc(CCl)cc([N+](=O)[O-])c1C(F)F. The molecule has 82 valence electrons. The normalized spacial score (nSPS) is 10.7. The summed E-state index contributed by atoms with van der Waals surface area (Å²) < 4.78 is 24.9. The van der Waals surface area contributed by atoms with Gasteiger partial charge < -0.3 is 5.73 Å². The van der Waals surface area contributed by atoms with Crippen molar-refractivity contribution in [2.45, 2.75) is 12.3 Å². The van der Waals surface area contributed by atoms with E-state index < -0.39 is 28.4 Å². The van der Waals surface area contributed by atoms with Gasteiger partial charge in [-0.05, 0) is 0 Å². The molecule has 0 aliphatic heterocycles. The summed E-state index contributed by atoms with van der Waals surface area (Å²) in [7, 11) is 0. The lowest BCUT2D eigenvalue weighted by molar-refractivity contribution is -0.386. The number of nitrogens with zero attached hydrogens (tertiary/aromatic N) is 2. The quantitative estimate of drug-likeness (QED) is 0.497. The van der Waals surface area contributed by atoms with Gasteiger partial charge in [-0.2, -0.15) is 0 Å². The molecular weight excluding hydrogens is 232 g/mol. The third kappa shape index (κ3) is 2.30. The Bertz CT molecular complexity index is 400. The predicted molar refractivity (Wildman–Crippen MR) is 49.8 cm³/mol. The number of nitrogen functional groups attached to an aromatic ring is 1. The van der Waals surface area contributed by atoms with Crippen molar-refractivity contribution in [3.05, 3.63) is 27.4 Å². The monoisotopic (exact) mass is 237 g/mol. The van der Waals surface area contributed by atoms with E-state index in [0.29, 0.717) is 0 Å². The van der Waals surface area contributed by atoms with E-state index in [4.69, 9.17) is 17.3 Å². The van der Waals surface area contributed by atoms with Crippen LogP contribution in [0.3, 0.4) is 0 Å². The number of anilines is 1. The molecule has 15 heavy (non-hydrogen) atoms. The summed E-state index contributed by atoms with van der Waals surface area (Å²) >= 11 is 5.38. The fourth-order valence-electron chi connectivity index (χ4n) is 1.06. The van der Waals surface area contributed by atoms with Crippen LogP contribution in [-0.4, -0.2) is 9.91 Å². The second-order valence-electron chi connectivity index (χ2n) is 2.62. The van der Waals surface area contributed by atoms with E-state index in [1.54, 1.807) is 0 Å². The van der Waals surface area contributed by atoms with Crippen molar-refractivity contribution in [3.63, 3.8) is 0 Å². The smallest absolute Gasteiger partial charge is 0.283 e. The van der Waals surface area contributed by atoms with Crippen molar-refractivity contribution in [2.75, 3.05) is 5.73 Å². The number of aromatic nitrogens is 1. The van der Waals surface area contributed by atoms with Gasteiger partial charge in [-0.25, -0.2) is 13.8 Å². The van der Waals surface area contributed by atoms with Crippen molar-refractivity contribution >= 4 is 23.1 Å². The molecule has 0 saturated carbocycles. The molecule has 0 unspecified atom stereocenters. The molecular formula is C7H6ClF2N3O2. The number of alkyl halides is 3. The molecule has 2 N–H and O–H groups in total. The topological polar surface area (TPSA) is 82.0 Å². The minimum absolute atomic E-state index is 0.0882. The lowest BCUT2D eigenvalue weighted by atomic mass is 10.2. The molecule has 0 bridgehead atoms. The van der Waals surface area contributed by atoms with Crippen LogP contribution in [0.1, 0.15) is 17.7 Å². The van der Waals surface area contributed by atoms with Crippen LogP contribution in [0.2, 0.25) is 0 Å². The summed E-state index contributed by atoms with van der Waals surface area (Å²) in [4.78, 5) is 13.1. The molecule has 0 amide bonds. The second-order valence-corrected chi connectivity index (χ2v) is 2.89. The van der Waals surface area contributed by atoms with Gasteiger partial charge >= 0.3 is 0 Å². The Hall–Kier alpha value is -1.50. The lowest BCUT2D eigenvalue weighted by Crippen LogP contribution is -2.05. The standard InChI is InChI=1S/C7H6ClF2N3O2/c8-2-3-1-4(13(14)15)5(6(9)10)7(11)12-3/h1,6H,2H2,(H2,11,12). The number of halogens is 3. The average molecular weight is 238 g/mol. The summed E-state index contributed by atoms with van der Waals surface area (Å²) in [6.45, 7) is 0. The Balaban J connectivity index is 3.42. The van der Waals surface area contributed by atoms with E-state index in [2.05, 4.69) is 4.98 Å². The molecule has 0 fully saturated rings. The fraction of sp³-hybridized carbons (Fsp3) is 0.286. The molecule has 0 aromatic carbocycles. The highest BCUT2D eigenvalue weighted by Gasteiger charge is 2.26. The second kappa shape index (κ2) is 4.35. The third-order valence-electron chi connectivity index (χ3n) is 1.67. The molecule has 0 aliphatic rings. The van der Waals surface area contributed by atoms with Gasteiger partial charge in [-0.3, -0.25) is 10.1 Å². The Morgan fingerprint density at radius 1 is 1.67 bits per heavy atom. The van der Waals surface area contributed by atoms with E-state index in [-0.39, 0.29) is 11.6 Å². The van der Waals surface area contributed by atoms with Crippen molar-refractivity contribution in [1.82, 2.24) is 4.98 Å². The van der Waals surface area contributed by atoms with Gasteiger partial charge in [-0.15, -0.1) is 11.6 Å². The zero-order valence-electron chi connectivity index (χ0n) is 7.28. The minimum Gasteiger partial charge on any atom is -0.383 e. The van der Waals surface area contributed by atoms with Gasteiger partial charge in [0, 0.05) is 6.07 Å². The van der Waals surface area contributed by atoms with Gasteiger partial charge in [0.15, 0.2) is 0 Å². The lowest BCUT2D eigenvalue weighted by Gasteiger charge is -2.06. The number of pyridine rings is 1. The summed E-state index contributed by atoms with van der Waals surface area (Å²) in [5, 5.41) is 10.5. The molecule has 1 aromatic heterocycles. The predicted octanol–water partition coefficient (Wildman–Crippen LogP) is 2.25. The van der Waals surface area contributed by atoms with Gasteiger partial charge in [0.25, 0.3) is 12.1 Å². The largest absolute Gasteiger partial charge is 0.383 e. The Kier molecular flexibility index (Phi) is 3.35. The van der Waals surface area contributed by atoms with Crippen LogP contribution in [0.4, 0.5) is 20.3 Å². The van der Waals surface area contributed by atoms with Crippen molar-refractivity contribution in [3.8, 4) is 0 Å². The molecule has 5 nitrogen and oxygen atoms in total. The molecule has 1 aromatic rings. The summed E-state index contributed by atoms with van der Waals surface area (Å²) in [5.74, 6) is -0.691. The first-order valence-electron chi connectivity index (χ1n) is 3.75. The van der Waals surface area contributed by atoms with E-state index in [0.717, 1.165) is 6.07 Å². The zero-order valence-corrected chi connectivity index (χ0v) is 8.04. The molecule has 1 heterocycles. The van der Waals surface area contributed by atoms with E-state index in [9.17, 15) is 18.9 Å². The Morgan fingerprint density at radius 2 is 2.27 bits per heavy atom. The van der Waals surface area contributed by atoms with E-state index in [1.165, 1.54) is 0 Å². The third-order valence-corrected chi connectivity index (χ3v) is 1.94. The first kappa shape index (κ1) is 11.6. The Morgan fingerprint density at radius 3 is 2.67 bits per heavy atom. The summed E-state index contributed by atoms with van der Waals surface area (Å²) in [5.41, 5.74) is 3.65. The maximum absolute atomic E-state index is 12.4. The molecule has 0 aliphatic carbocycles. The number of nitrogens with two attached hydrogens (primary N) is 1. The average Bonchev–Trinajstić information content (AvgIpc) is 2.15. The maximum atomic E-state index is 12.4. The molecule has 0 radical (unpaired) electrons. The van der Waals surface area contributed by atoms with E-state index in [1.807, 2.05) is 0 Å². The molecule has 8 heteroatoms. The molecule has 0 saturated heterocycles. The van der Waals surface area contributed by atoms with Crippen molar-refractivity contribution in [1.29, 1.82) is 0 Å². The van der Waals surface area contributed by atoms with Gasteiger partial charge in [0.2, 0.25) is 0 Å². The van der Waals surface area contributed by atoms with Crippen LogP contribution in [0, 0.1) is 10.1 Å². The number of hydrogen-bond donors (Lipinski definition) is 1. The molecule has 0 spiro atoms. The summed E-state index contributed by atoms with van der Waals surface area (Å²) in [6.07, 6.45) is -3.04. The number of nitro groups is 1. The van der Waals surface area contributed by atoms with Crippen LogP contribution < -0.4 is 5.73 Å². The van der Waals surface area contributed by atoms with Crippen LogP contribution >= 0.6 is 11.6 Å². The number of hydrogen-bond acceptors (Lipinski definition) is 4. The summed E-state index contributed by atoms with van der Waals surface area (Å²) in [6, 6.07) is 0.894. The number of rotatable bonds is 3. The first-order valence-corrected chi connectivity index (χ1v) is 4.28. The van der Waals surface area contributed by atoms with Crippen LogP contribution in [0.5, 0.6) is 0 Å². The fourth-order valence-corrected chi connectivity index (χ4v) is 1.19. The molecule has 1 rings (SSSR count). The minimum atomic E-state index is -3.04. The van der Waals surface area contributed by atoms with Crippen LogP contribution in [0.25, 0.3) is 0 Å².